The fourth-order valence-corrected chi connectivity index (χ4v) is 5.01. The van der Waals surface area contributed by atoms with Gasteiger partial charge in [0, 0.05) is 6.04 Å². The SMILES string of the molecule is Cc1ccc(S(=O)(=O)N[C@@H]2CC[C@@H]3CCC[C@@H]32)cc1. The molecule has 0 saturated heterocycles. The molecule has 1 N–H and O–H groups in total. The molecule has 3 rings (SSSR count). The van der Waals surface area contributed by atoms with Crippen molar-refractivity contribution in [2.24, 2.45) is 11.8 Å². The van der Waals surface area contributed by atoms with E-state index < -0.39 is 10.0 Å². The normalized spacial score (nSPS) is 30.5. The average Bonchev–Trinajstić information content (AvgIpc) is 2.95. The number of sulfonamides is 1. The maximum absolute atomic E-state index is 12.4. The number of aryl methyl sites for hydroxylation is 1. The van der Waals surface area contributed by atoms with Crippen LogP contribution in [-0.4, -0.2) is 14.5 Å². The zero-order chi connectivity index (χ0) is 13.5. The van der Waals surface area contributed by atoms with Crippen molar-refractivity contribution >= 4 is 10.0 Å². The molecular formula is C15H21NO2S. The topological polar surface area (TPSA) is 46.2 Å². The van der Waals surface area contributed by atoms with Gasteiger partial charge >= 0.3 is 0 Å². The zero-order valence-corrected chi connectivity index (χ0v) is 12.1. The van der Waals surface area contributed by atoms with E-state index in [1.54, 1.807) is 12.1 Å². The second kappa shape index (κ2) is 4.91. The van der Waals surface area contributed by atoms with E-state index >= 15 is 0 Å². The van der Waals surface area contributed by atoms with Crippen LogP contribution in [0.3, 0.4) is 0 Å². The highest BCUT2D eigenvalue weighted by Crippen LogP contribution is 2.44. The van der Waals surface area contributed by atoms with Gasteiger partial charge in [0.2, 0.25) is 10.0 Å². The van der Waals surface area contributed by atoms with Crippen molar-refractivity contribution in [2.45, 2.75) is 50.0 Å². The average molecular weight is 279 g/mol. The number of hydrogen-bond acceptors (Lipinski definition) is 2. The molecule has 2 aliphatic rings. The van der Waals surface area contributed by atoms with Crippen molar-refractivity contribution < 1.29 is 8.42 Å². The van der Waals surface area contributed by atoms with Crippen LogP contribution in [0.2, 0.25) is 0 Å². The molecule has 2 fully saturated rings. The summed E-state index contributed by atoms with van der Waals surface area (Å²) >= 11 is 0. The van der Waals surface area contributed by atoms with Gasteiger partial charge in [-0.15, -0.1) is 0 Å². The number of fused-ring (bicyclic) bond motifs is 1. The highest BCUT2D eigenvalue weighted by atomic mass is 32.2. The Labute approximate surface area is 115 Å². The third-order valence-corrected chi connectivity index (χ3v) is 6.23. The number of hydrogen-bond donors (Lipinski definition) is 1. The number of nitrogens with one attached hydrogen (secondary N) is 1. The van der Waals surface area contributed by atoms with Crippen LogP contribution in [0.5, 0.6) is 0 Å². The molecule has 0 heterocycles. The molecule has 0 unspecified atom stereocenters. The molecule has 1 aromatic carbocycles. The smallest absolute Gasteiger partial charge is 0.208 e. The van der Waals surface area contributed by atoms with Gasteiger partial charge in [-0.3, -0.25) is 0 Å². The van der Waals surface area contributed by atoms with Crippen LogP contribution in [0.25, 0.3) is 0 Å². The third-order valence-electron chi connectivity index (χ3n) is 4.72. The van der Waals surface area contributed by atoms with Gasteiger partial charge in [0.25, 0.3) is 0 Å². The van der Waals surface area contributed by atoms with Gasteiger partial charge in [-0.2, -0.15) is 0 Å². The molecule has 3 nitrogen and oxygen atoms in total. The van der Waals surface area contributed by atoms with Crippen LogP contribution in [-0.2, 0) is 10.0 Å². The Hall–Kier alpha value is -0.870. The fraction of sp³-hybridized carbons (Fsp3) is 0.600. The minimum atomic E-state index is -3.35. The molecule has 19 heavy (non-hydrogen) atoms. The first-order chi connectivity index (χ1) is 9.06. The third kappa shape index (κ3) is 2.56. The van der Waals surface area contributed by atoms with Crippen molar-refractivity contribution in [3.05, 3.63) is 29.8 Å². The second-order valence-electron chi connectivity index (χ2n) is 5.97. The summed E-state index contributed by atoms with van der Waals surface area (Å²) in [5.74, 6) is 1.32. The molecular weight excluding hydrogens is 258 g/mol. The first kappa shape index (κ1) is 13.1. The summed E-state index contributed by atoms with van der Waals surface area (Å²) in [6, 6.07) is 7.24. The van der Waals surface area contributed by atoms with E-state index in [-0.39, 0.29) is 6.04 Å². The van der Waals surface area contributed by atoms with Crippen LogP contribution in [0.4, 0.5) is 0 Å². The van der Waals surface area contributed by atoms with Gasteiger partial charge in [-0.25, -0.2) is 13.1 Å². The molecule has 0 bridgehead atoms. The van der Waals surface area contributed by atoms with E-state index in [9.17, 15) is 8.42 Å². The van der Waals surface area contributed by atoms with Crippen molar-refractivity contribution in [2.75, 3.05) is 0 Å². The quantitative estimate of drug-likeness (QED) is 0.924. The molecule has 0 radical (unpaired) electrons. The Morgan fingerprint density at radius 1 is 1.05 bits per heavy atom. The van der Waals surface area contributed by atoms with Crippen LogP contribution >= 0.6 is 0 Å². The Bertz CT molecular complexity index is 550. The van der Waals surface area contributed by atoms with Crippen molar-refractivity contribution in [1.82, 2.24) is 4.72 Å². The summed E-state index contributed by atoms with van der Waals surface area (Å²) in [5, 5.41) is 0. The maximum Gasteiger partial charge on any atom is 0.240 e. The minimum absolute atomic E-state index is 0.152. The predicted octanol–water partition coefficient (Wildman–Crippen LogP) is 2.85. The summed E-state index contributed by atoms with van der Waals surface area (Å²) in [6.45, 7) is 1.96. The summed E-state index contributed by atoms with van der Waals surface area (Å²) in [7, 11) is -3.35. The fourth-order valence-electron chi connectivity index (χ4n) is 3.69. The first-order valence-corrected chi connectivity index (χ1v) is 8.63. The Morgan fingerprint density at radius 2 is 1.79 bits per heavy atom. The largest absolute Gasteiger partial charge is 0.240 e. The summed E-state index contributed by atoms with van der Waals surface area (Å²) in [5.41, 5.74) is 1.08. The summed E-state index contributed by atoms with van der Waals surface area (Å²) < 4.78 is 27.7. The van der Waals surface area contributed by atoms with Crippen LogP contribution in [0, 0.1) is 18.8 Å². The van der Waals surface area contributed by atoms with E-state index in [1.807, 2.05) is 19.1 Å². The lowest BCUT2D eigenvalue weighted by Gasteiger charge is -2.20. The van der Waals surface area contributed by atoms with E-state index in [0.29, 0.717) is 10.8 Å². The van der Waals surface area contributed by atoms with Crippen molar-refractivity contribution in [3.63, 3.8) is 0 Å². The van der Waals surface area contributed by atoms with Crippen LogP contribution < -0.4 is 4.72 Å². The van der Waals surface area contributed by atoms with E-state index in [4.69, 9.17) is 0 Å². The molecule has 0 aliphatic heterocycles. The van der Waals surface area contributed by atoms with E-state index in [2.05, 4.69) is 4.72 Å². The molecule has 0 amide bonds. The number of rotatable bonds is 3. The standard InChI is InChI=1S/C15H21NO2S/c1-11-5-8-13(9-6-11)19(17,18)16-15-10-7-12-3-2-4-14(12)15/h5-6,8-9,12,14-16H,2-4,7,10H2,1H3/t12-,14-,15+/m0/s1. The van der Waals surface area contributed by atoms with Crippen molar-refractivity contribution in [1.29, 1.82) is 0 Å². The van der Waals surface area contributed by atoms with Gasteiger partial charge in [-0.05, 0) is 50.2 Å². The van der Waals surface area contributed by atoms with E-state index in [0.717, 1.165) is 17.9 Å². The molecule has 104 valence electrons. The molecule has 1 aromatic rings. The molecule has 0 aromatic heterocycles. The zero-order valence-electron chi connectivity index (χ0n) is 11.3. The Kier molecular flexibility index (Phi) is 3.39. The monoisotopic (exact) mass is 279 g/mol. The molecule has 4 heteroatoms. The molecule has 2 aliphatic carbocycles. The molecule has 2 saturated carbocycles. The summed E-state index contributed by atoms with van der Waals surface area (Å²) in [6.07, 6.45) is 5.92. The van der Waals surface area contributed by atoms with Crippen molar-refractivity contribution in [3.8, 4) is 0 Å². The lowest BCUT2D eigenvalue weighted by molar-refractivity contribution is 0.400. The molecule has 0 spiro atoms. The van der Waals surface area contributed by atoms with Gasteiger partial charge in [0.1, 0.15) is 0 Å². The summed E-state index contributed by atoms with van der Waals surface area (Å²) in [4.78, 5) is 0.388. The predicted molar refractivity (Wildman–Crippen MR) is 75.4 cm³/mol. The minimum Gasteiger partial charge on any atom is -0.208 e. The second-order valence-corrected chi connectivity index (χ2v) is 7.69. The Balaban J connectivity index is 1.76. The van der Waals surface area contributed by atoms with Gasteiger partial charge in [0.15, 0.2) is 0 Å². The van der Waals surface area contributed by atoms with Gasteiger partial charge < -0.3 is 0 Å². The maximum atomic E-state index is 12.4. The van der Waals surface area contributed by atoms with E-state index in [1.165, 1.54) is 25.7 Å². The van der Waals surface area contributed by atoms with Crippen LogP contribution in [0.1, 0.15) is 37.7 Å². The first-order valence-electron chi connectivity index (χ1n) is 7.15. The lowest BCUT2D eigenvalue weighted by Crippen LogP contribution is -2.37. The van der Waals surface area contributed by atoms with Gasteiger partial charge in [-0.1, -0.05) is 30.5 Å². The lowest BCUT2D eigenvalue weighted by atomic mass is 9.98. The number of benzene rings is 1. The van der Waals surface area contributed by atoms with Gasteiger partial charge in [0.05, 0.1) is 4.90 Å². The highest BCUT2D eigenvalue weighted by molar-refractivity contribution is 7.89. The molecule has 3 atom stereocenters. The Morgan fingerprint density at radius 3 is 2.53 bits per heavy atom. The van der Waals surface area contributed by atoms with Crippen LogP contribution in [0.15, 0.2) is 29.2 Å². The highest BCUT2D eigenvalue weighted by Gasteiger charge is 2.40.